The maximum atomic E-state index is 6.34. The average Bonchev–Trinajstić information content (AvgIpc) is 2.99. The Hall–Kier alpha value is -1.02. The maximum absolute atomic E-state index is 6.34. The van der Waals surface area contributed by atoms with Crippen molar-refractivity contribution in [2.24, 2.45) is 23.2 Å². The summed E-state index contributed by atoms with van der Waals surface area (Å²) in [5.74, 6) is 4.40. The summed E-state index contributed by atoms with van der Waals surface area (Å²) >= 11 is 0. The predicted molar refractivity (Wildman–Crippen MR) is 92.6 cm³/mol. The number of methoxy groups -OCH3 is 1. The van der Waals surface area contributed by atoms with E-state index in [1.54, 1.807) is 0 Å². The van der Waals surface area contributed by atoms with Gasteiger partial charge in [-0.05, 0) is 79.9 Å². The van der Waals surface area contributed by atoms with Crippen LogP contribution in [0.15, 0.2) is 24.3 Å². The lowest BCUT2D eigenvalue weighted by Crippen LogP contribution is -2.43. The van der Waals surface area contributed by atoms with E-state index in [9.17, 15) is 0 Å². The highest BCUT2D eigenvalue weighted by Crippen LogP contribution is 2.65. The molecule has 0 N–H and O–H groups in total. The van der Waals surface area contributed by atoms with Crippen molar-refractivity contribution in [3.63, 3.8) is 0 Å². The molecule has 0 saturated heterocycles. The van der Waals surface area contributed by atoms with Crippen LogP contribution < -0.4 is 4.74 Å². The van der Waals surface area contributed by atoms with Crippen LogP contribution in [-0.4, -0.2) is 13.4 Å². The van der Waals surface area contributed by atoms with Gasteiger partial charge in [-0.25, -0.2) is 0 Å². The molecule has 126 valence electrons. The summed E-state index contributed by atoms with van der Waals surface area (Å²) in [6.45, 7) is 4.51. The topological polar surface area (TPSA) is 18.5 Å². The lowest BCUT2D eigenvalue weighted by atomic mass is 9.69. The first-order valence-corrected chi connectivity index (χ1v) is 9.43. The van der Waals surface area contributed by atoms with E-state index in [0.29, 0.717) is 5.92 Å². The van der Waals surface area contributed by atoms with Crippen LogP contribution in [0.1, 0.15) is 63.9 Å². The minimum Gasteiger partial charge on any atom is -0.464 e. The highest BCUT2D eigenvalue weighted by atomic mass is 16.7. The van der Waals surface area contributed by atoms with Crippen LogP contribution in [0.5, 0.6) is 5.75 Å². The van der Waals surface area contributed by atoms with Gasteiger partial charge in [0.2, 0.25) is 6.29 Å². The van der Waals surface area contributed by atoms with E-state index in [-0.39, 0.29) is 11.7 Å². The third kappa shape index (κ3) is 2.59. The zero-order valence-corrected chi connectivity index (χ0v) is 14.8. The molecule has 4 bridgehead atoms. The quantitative estimate of drug-likeness (QED) is 0.656. The molecule has 4 atom stereocenters. The molecule has 23 heavy (non-hydrogen) atoms. The van der Waals surface area contributed by atoms with Crippen molar-refractivity contribution in [1.29, 1.82) is 0 Å². The van der Waals surface area contributed by atoms with Crippen molar-refractivity contribution in [2.45, 2.75) is 64.6 Å². The van der Waals surface area contributed by atoms with Gasteiger partial charge in [0, 0.05) is 12.5 Å². The molecule has 0 radical (unpaired) electrons. The fourth-order valence-corrected chi connectivity index (χ4v) is 5.82. The summed E-state index contributed by atoms with van der Waals surface area (Å²) in [4.78, 5) is 0. The number of hydrogen-bond acceptors (Lipinski definition) is 2. The van der Waals surface area contributed by atoms with Gasteiger partial charge in [0.25, 0.3) is 0 Å². The lowest BCUT2D eigenvalue weighted by Gasteiger charge is -2.42. The molecular formula is C21H30O2. The molecule has 1 aromatic carbocycles. The molecule has 4 fully saturated rings. The molecule has 0 aromatic heterocycles. The molecule has 4 saturated carbocycles. The predicted octanol–water partition coefficient (Wildman–Crippen LogP) is 5.38. The van der Waals surface area contributed by atoms with E-state index in [1.807, 2.05) is 7.11 Å². The second-order valence-corrected chi connectivity index (χ2v) is 8.40. The number of benzene rings is 1. The van der Waals surface area contributed by atoms with Gasteiger partial charge in [0.1, 0.15) is 5.75 Å². The van der Waals surface area contributed by atoms with Gasteiger partial charge >= 0.3 is 0 Å². The van der Waals surface area contributed by atoms with Crippen LogP contribution >= 0.6 is 0 Å². The minimum atomic E-state index is -0.0763. The summed E-state index contributed by atoms with van der Waals surface area (Å²) in [6, 6.07) is 8.67. The van der Waals surface area contributed by atoms with Gasteiger partial charge < -0.3 is 9.47 Å². The number of rotatable bonds is 6. The first kappa shape index (κ1) is 15.5. The van der Waals surface area contributed by atoms with Gasteiger partial charge in [-0.15, -0.1) is 0 Å². The van der Waals surface area contributed by atoms with Crippen molar-refractivity contribution in [1.82, 2.24) is 0 Å². The molecule has 0 amide bonds. The van der Waals surface area contributed by atoms with E-state index in [1.165, 1.54) is 44.1 Å². The Morgan fingerprint density at radius 2 is 1.74 bits per heavy atom. The molecule has 0 heterocycles. The summed E-state index contributed by atoms with van der Waals surface area (Å²) < 4.78 is 12.2. The highest BCUT2D eigenvalue weighted by molar-refractivity contribution is 5.29. The van der Waals surface area contributed by atoms with Gasteiger partial charge in [0.05, 0.1) is 0 Å². The standard InChI is InChI=1S/C21H30O2/c1-4-14(2)16-5-7-19(8-6-16)23-20(22-3)21-11-15-9-17(12-21)18(10-15)13-21/h5-8,14-15,17-18,20H,4,9-13H2,1-3H3. The smallest absolute Gasteiger partial charge is 0.205 e. The van der Waals surface area contributed by atoms with Gasteiger partial charge in [0.15, 0.2) is 0 Å². The molecule has 4 aliphatic carbocycles. The zero-order chi connectivity index (χ0) is 16.0. The molecule has 5 rings (SSSR count). The Morgan fingerprint density at radius 3 is 2.26 bits per heavy atom. The molecule has 4 unspecified atom stereocenters. The molecule has 4 aliphatic rings. The van der Waals surface area contributed by atoms with Crippen LogP contribution in [0.3, 0.4) is 0 Å². The first-order valence-electron chi connectivity index (χ1n) is 9.43. The van der Waals surface area contributed by atoms with Crippen molar-refractivity contribution in [3.8, 4) is 5.75 Å². The monoisotopic (exact) mass is 314 g/mol. The van der Waals surface area contributed by atoms with E-state index in [4.69, 9.17) is 9.47 Å². The Bertz CT molecular complexity index is 530. The van der Waals surface area contributed by atoms with Crippen molar-refractivity contribution in [2.75, 3.05) is 7.11 Å². The van der Waals surface area contributed by atoms with Crippen molar-refractivity contribution >= 4 is 0 Å². The normalized spacial score (nSPS) is 37.1. The fourth-order valence-electron chi connectivity index (χ4n) is 5.82. The van der Waals surface area contributed by atoms with Crippen LogP contribution in [0.4, 0.5) is 0 Å². The number of hydrogen-bond donors (Lipinski definition) is 0. The van der Waals surface area contributed by atoms with Crippen LogP contribution in [-0.2, 0) is 4.74 Å². The fraction of sp³-hybridized carbons (Fsp3) is 0.714. The summed E-state index contributed by atoms with van der Waals surface area (Å²) in [6.07, 6.45) is 7.97. The van der Waals surface area contributed by atoms with E-state index >= 15 is 0 Å². The lowest BCUT2D eigenvalue weighted by molar-refractivity contribution is -0.156. The molecule has 2 nitrogen and oxygen atoms in total. The summed E-state index contributed by atoms with van der Waals surface area (Å²) in [5, 5.41) is 0. The SMILES string of the molecule is CCC(C)c1ccc(OC(OC)C23CC4CC(C2)C(C4)C3)cc1. The Morgan fingerprint density at radius 1 is 1.09 bits per heavy atom. The second-order valence-electron chi connectivity index (χ2n) is 8.40. The third-order valence-corrected chi connectivity index (χ3v) is 6.99. The largest absolute Gasteiger partial charge is 0.464 e. The number of ether oxygens (including phenoxy) is 2. The highest BCUT2D eigenvalue weighted by Gasteiger charge is 2.59. The van der Waals surface area contributed by atoms with Crippen LogP contribution in [0.25, 0.3) is 0 Å². The third-order valence-electron chi connectivity index (χ3n) is 6.99. The molecule has 0 spiro atoms. The Kier molecular flexibility index (Phi) is 3.91. The molecule has 1 aromatic rings. The first-order chi connectivity index (χ1) is 11.1. The van der Waals surface area contributed by atoms with Crippen LogP contribution in [0.2, 0.25) is 0 Å². The van der Waals surface area contributed by atoms with Crippen molar-refractivity contribution < 1.29 is 9.47 Å². The second kappa shape index (κ2) is 5.81. The van der Waals surface area contributed by atoms with E-state index in [2.05, 4.69) is 38.1 Å². The summed E-state index contributed by atoms with van der Waals surface area (Å²) in [5.41, 5.74) is 1.67. The van der Waals surface area contributed by atoms with Gasteiger partial charge in [-0.3, -0.25) is 0 Å². The Labute approximate surface area is 140 Å². The average molecular weight is 314 g/mol. The maximum Gasteiger partial charge on any atom is 0.205 e. The Balaban J connectivity index is 1.49. The van der Waals surface area contributed by atoms with Crippen LogP contribution in [0, 0.1) is 23.2 Å². The van der Waals surface area contributed by atoms with E-state index in [0.717, 1.165) is 23.5 Å². The van der Waals surface area contributed by atoms with E-state index < -0.39 is 0 Å². The molecular weight excluding hydrogens is 284 g/mol. The van der Waals surface area contributed by atoms with Gasteiger partial charge in [-0.2, -0.15) is 0 Å². The van der Waals surface area contributed by atoms with Gasteiger partial charge in [-0.1, -0.05) is 26.0 Å². The minimum absolute atomic E-state index is 0.0763. The molecule has 2 heteroatoms. The summed E-state index contributed by atoms with van der Waals surface area (Å²) in [7, 11) is 1.82. The van der Waals surface area contributed by atoms with Crippen molar-refractivity contribution in [3.05, 3.63) is 29.8 Å². The molecule has 0 aliphatic heterocycles. The zero-order valence-electron chi connectivity index (χ0n) is 14.8.